The fourth-order valence-electron chi connectivity index (χ4n) is 3.60. The molecule has 2 aromatic heterocycles. The number of rotatable bonds is 9. The van der Waals surface area contributed by atoms with E-state index < -0.39 is 0 Å². The summed E-state index contributed by atoms with van der Waals surface area (Å²) in [5.41, 5.74) is 3.63. The largest absolute Gasteiger partial charge is 0.352 e. The highest BCUT2D eigenvalue weighted by atomic mass is 35.5. The lowest BCUT2D eigenvalue weighted by atomic mass is 10.1. The highest BCUT2D eigenvalue weighted by Gasteiger charge is 2.13. The summed E-state index contributed by atoms with van der Waals surface area (Å²) >= 11 is 6.11. The van der Waals surface area contributed by atoms with Crippen molar-refractivity contribution in [3.63, 3.8) is 0 Å². The average Bonchev–Trinajstić information content (AvgIpc) is 3.07. The number of amides is 1. The van der Waals surface area contributed by atoms with Crippen LogP contribution in [0.15, 0.2) is 46.1 Å². The Labute approximate surface area is 191 Å². The number of benzene rings is 1. The quantitative estimate of drug-likeness (QED) is 0.456. The number of carbonyl (C=O) groups excluding carboxylic acids is 1. The van der Waals surface area contributed by atoms with Crippen molar-refractivity contribution in [2.45, 2.75) is 46.4 Å². The van der Waals surface area contributed by atoms with Gasteiger partial charge in [0.15, 0.2) is 0 Å². The van der Waals surface area contributed by atoms with Crippen molar-refractivity contribution >= 4 is 17.5 Å². The van der Waals surface area contributed by atoms with Gasteiger partial charge in [0.25, 0.3) is 11.1 Å². The van der Waals surface area contributed by atoms with Gasteiger partial charge < -0.3 is 15.2 Å². The fraction of sp³-hybridized carbons (Fsp3) is 0.348. The molecule has 0 aliphatic carbocycles. The predicted octanol–water partition coefficient (Wildman–Crippen LogP) is 1.89. The number of halogens is 1. The molecular weight excluding hydrogens is 430 g/mol. The number of pyridine rings is 1. The SMILES string of the molecule is CNCc1ccc(Cl)cc1CNC(=O)Cc1c(C)ccn(CCn2[nH]c(=O)cc2C)c1=O. The van der Waals surface area contributed by atoms with Gasteiger partial charge in [-0.2, -0.15) is 0 Å². The second-order valence-corrected chi connectivity index (χ2v) is 8.22. The van der Waals surface area contributed by atoms with E-state index in [2.05, 4.69) is 15.7 Å². The third-order valence-corrected chi connectivity index (χ3v) is 5.66. The molecule has 0 aliphatic rings. The summed E-state index contributed by atoms with van der Waals surface area (Å²) in [6.45, 7) is 5.48. The summed E-state index contributed by atoms with van der Waals surface area (Å²) < 4.78 is 3.27. The first kappa shape index (κ1) is 23.6. The van der Waals surface area contributed by atoms with Gasteiger partial charge in [-0.15, -0.1) is 0 Å². The Kier molecular flexibility index (Phi) is 7.71. The van der Waals surface area contributed by atoms with Crippen molar-refractivity contribution in [2.75, 3.05) is 7.05 Å². The van der Waals surface area contributed by atoms with Crippen molar-refractivity contribution in [1.29, 1.82) is 0 Å². The molecule has 0 atom stereocenters. The second-order valence-electron chi connectivity index (χ2n) is 7.79. The maximum Gasteiger partial charge on any atom is 0.264 e. The van der Waals surface area contributed by atoms with Crippen molar-refractivity contribution in [3.8, 4) is 0 Å². The summed E-state index contributed by atoms with van der Waals surface area (Å²) in [6.07, 6.45) is 1.71. The lowest BCUT2D eigenvalue weighted by molar-refractivity contribution is -0.120. The van der Waals surface area contributed by atoms with Gasteiger partial charge in [-0.1, -0.05) is 17.7 Å². The van der Waals surface area contributed by atoms with Crippen LogP contribution in [0.1, 0.15) is 27.9 Å². The van der Waals surface area contributed by atoms with E-state index in [-0.39, 0.29) is 23.4 Å². The van der Waals surface area contributed by atoms with Crippen LogP contribution in [0.4, 0.5) is 0 Å². The van der Waals surface area contributed by atoms with E-state index in [9.17, 15) is 14.4 Å². The highest BCUT2D eigenvalue weighted by molar-refractivity contribution is 6.30. The molecule has 0 unspecified atom stereocenters. The van der Waals surface area contributed by atoms with Crippen molar-refractivity contribution < 1.29 is 4.79 Å². The normalized spacial score (nSPS) is 11.0. The van der Waals surface area contributed by atoms with Crippen LogP contribution in [-0.4, -0.2) is 27.3 Å². The zero-order valence-electron chi connectivity index (χ0n) is 18.5. The fourth-order valence-corrected chi connectivity index (χ4v) is 3.80. The van der Waals surface area contributed by atoms with E-state index >= 15 is 0 Å². The van der Waals surface area contributed by atoms with E-state index in [1.165, 1.54) is 6.07 Å². The summed E-state index contributed by atoms with van der Waals surface area (Å²) in [5, 5.41) is 9.31. The first-order valence-electron chi connectivity index (χ1n) is 10.4. The smallest absolute Gasteiger partial charge is 0.264 e. The highest BCUT2D eigenvalue weighted by Crippen LogP contribution is 2.16. The molecule has 1 aromatic carbocycles. The number of nitrogens with one attached hydrogen (secondary N) is 3. The van der Waals surface area contributed by atoms with Crippen molar-refractivity contribution in [1.82, 2.24) is 25.0 Å². The van der Waals surface area contributed by atoms with E-state index in [0.717, 1.165) is 22.4 Å². The number of aryl methyl sites for hydroxylation is 4. The van der Waals surface area contributed by atoms with Gasteiger partial charge >= 0.3 is 0 Å². The van der Waals surface area contributed by atoms with Gasteiger partial charge in [-0.25, -0.2) is 0 Å². The molecule has 0 saturated heterocycles. The zero-order valence-corrected chi connectivity index (χ0v) is 19.3. The van der Waals surface area contributed by atoms with E-state index in [1.54, 1.807) is 15.4 Å². The number of H-pyrrole nitrogens is 1. The molecule has 2 heterocycles. The van der Waals surface area contributed by atoms with Crippen LogP contribution in [0, 0.1) is 13.8 Å². The molecule has 170 valence electrons. The Morgan fingerprint density at radius 2 is 1.84 bits per heavy atom. The third-order valence-electron chi connectivity index (χ3n) is 5.42. The zero-order chi connectivity index (χ0) is 23.3. The Bertz CT molecular complexity index is 1230. The third kappa shape index (κ3) is 5.77. The van der Waals surface area contributed by atoms with Crippen LogP contribution in [0.2, 0.25) is 5.02 Å². The Morgan fingerprint density at radius 3 is 2.53 bits per heavy atom. The molecule has 0 saturated carbocycles. The standard InChI is InChI=1S/C23H28ClN5O3/c1-15-6-7-28(8-9-29-16(2)10-22(31)27-29)23(32)20(15)12-21(30)26-14-18-11-19(24)5-4-17(18)13-25-3/h4-7,10-11,25H,8-9,12-14H2,1-3H3,(H,26,30)(H,27,31). The molecule has 1 amide bonds. The van der Waals surface area contributed by atoms with Crippen LogP contribution in [0.5, 0.6) is 0 Å². The molecule has 3 N–H and O–H groups in total. The summed E-state index contributed by atoms with van der Waals surface area (Å²) in [4.78, 5) is 37.1. The molecular formula is C23H28ClN5O3. The molecule has 3 aromatic rings. The van der Waals surface area contributed by atoms with Crippen molar-refractivity contribution in [3.05, 3.63) is 90.2 Å². The van der Waals surface area contributed by atoms with E-state index in [0.29, 0.717) is 36.8 Å². The number of nitrogens with zero attached hydrogens (tertiary/aromatic N) is 2. The molecule has 0 radical (unpaired) electrons. The minimum absolute atomic E-state index is 0.00713. The summed E-state index contributed by atoms with van der Waals surface area (Å²) in [6, 6.07) is 8.93. The first-order valence-corrected chi connectivity index (χ1v) is 10.8. The molecule has 0 bridgehead atoms. The van der Waals surface area contributed by atoms with Crippen LogP contribution in [0.3, 0.4) is 0 Å². The van der Waals surface area contributed by atoms with Crippen molar-refractivity contribution in [2.24, 2.45) is 0 Å². The second kappa shape index (κ2) is 10.5. The Hall–Kier alpha value is -3.10. The average molecular weight is 458 g/mol. The van der Waals surface area contributed by atoms with Crippen LogP contribution in [0.25, 0.3) is 0 Å². The molecule has 0 spiro atoms. The summed E-state index contributed by atoms with van der Waals surface area (Å²) in [5.74, 6) is -0.232. The number of hydrogen-bond acceptors (Lipinski definition) is 4. The Morgan fingerprint density at radius 1 is 1.06 bits per heavy atom. The van der Waals surface area contributed by atoms with Crippen LogP contribution in [-0.2, 0) is 37.4 Å². The number of carbonyl (C=O) groups is 1. The van der Waals surface area contributed by atoms with Gasteiger partial charge in [0.05, 0.1) is 13.0 Å². The predicted molar refractivity (Wildman–Crippen MR) is 125 cm³/mol. The van der Waals surface area contributed by atoms with Gasteiger partial charge in [0, 0.05) is 48.2 Å². The minimum atomic E-state index is -0.232. The number of aromatic nitrogens is 3. The lowest BCUT2D eigenvalue weighted by Gasteiger charge is -2.13. The van der Waals surface area contributed by atoms with Gasteiger partial charge in [0.1, 0.15) is 0 Å². The van der Waals surface area contributed by atoms with Gasteiger partial charge in [0.2, 0.25) is 5.91 Å². The summed E-state index contributed by atoms with van der Waals surface area (Å²) in [7, 11) is 1.86. The molecule has 32 heavy (non-hydrogen) atoms. The maximum absolute atomic E-state index is 13.0. The number of aromatic amines is 1. The van der Waals surface area contributed by atoms with E-state index in [1.807, 2.05) is 45.2 Å². The van der Waals surface area contributed by atoms with Gasteiger partial charge in [-0.3, -0.25) is 24.2 Å². The lowest BCUT2D eigenvalue weighted by Crippen LogP contribution is -2.32. The molecule has 0 aliphatic heterocycles. The molecule has 0 fully saturated rings. The maximum atomic E-state index is 13.0. The molecule has 3 rings (SSSR count). The monoisotopic (exact) mass is 457 g/mol. The minimum Gasteiger partial charge on any atom is -0.352 e. The topological polar surface area (TPSA) is 101 Å². The van der Waals surface area contributed by atoms with Crippen LogP contribution < -0.4 is 21.8 Å². The van der Waals surface area contributed by atoms with Gasteiger partial charge in [-0.05, 0) is 55.8 Å². The molecule has 8 nitrogen and oxygen atoms in total. The number of hydrogen-bond donors (Lipinski definition) is 3. The molecule has 9 heteroatoms. The Balaban J connectivity index is 1.69. The van der Waals surface area contributed by atoms with Crippen LogP contribution >= 0.6 is 11.6 Å². The first-order chi connectivity index (χ1) is 15.3. The van der Waals surface area contributed by atoms with E-state index in [4.69, 9.17) is 11.6 Å².